The first-order valence-electron chi connectivity index (χ1n) is 5.29. The second kappa shape index (κ2) is 6.19. The van der Waals surface area contributed by atoms with Gasteiger partial charge in [0.2, 0.25) is 0 Å². The lowest BCUT2D eigenvalue weighted by Gasteiger charge is -2.05. The quantitative estimate of drug-likeness (QED) is 0.456. The lowest BCUT2D eigenvalue weighted by Crippen LogP contribution is -2.05. The van der Waals surface area contributed by atoms with Crippen molar-refractivity contribution in [2.45, 2.75) is 12.7 Å². The van der Waals surface area contributed by atoms with Crippen molar-refractivity contribution in [2.24, 2.45) is 0 Å². The Balaban J connectivity index is 2.63. The molecule has 5 nitrogen and oxygen atoms in total. The average molecular weight is 289 g/mol. The second-order valence-corrected chi connectivity index (χ2v) is 7.37. The van der Waals surface area contributed by atoms with Crippen LogP contribution in [0.5, 0.6) is 0 Å². The number of nitro benzene ring substituents is 1. The second-order valence-electron chi connectivity index (χ2n) is 4.00. The number of nitro groups is 1. The topological polar surface area (TPSA) is 77.3 Å². The van der Waals surface area contributed by atoms with Crippen molar-refractivity contribution in [1.82, 2.24) is 0 Å². The van der Waals surface area contributed by atoms with Gasteiger partial charge in [-0.25, -0.2) is 8.42 Å². The molecule has 0 heterocycles. The fourth-order valence-electron chi connectivity index (χ4n) is 1.42. The Morgan fingerprint density at radius 2 is 2.06 bits per heavy atom. The number of sulfone groups is 1. The van der Waals surface area contributed by atoms with Gasteiger partial charge in [-0.15, -0.1) is 0 Å². The number of hydrogen-bond acceptors (Lipinski definition) is 5. The molecule has 0 aromatic heterocycles. The Bertz CT molecular complexity index is 540. The van der Waals surface area contributed by atoms with Crippen molar-refractivity contribution < 1.29 is 13.3 Å². The van der Waals surface area contributed by atoms with Crippen LogP contribution in [0.3, 0.4) is 0 Å². The number of benzene rings is 1. The first kappa shape index (κ1) is 15.0. The third-order valence-electron chi connectivity index (χ3n) is 2.47. The fraction of sp³-hybridized carbons (Fsp3) is 0.455. The molecule has 100 valence electrons. The summed E-state index contributed by atoms with van der Waals surface area (Å²) in [4.78, 5) is 10.4. The van der Waals surface area contributed by atoms with Crippen LogP contribution >= 0.6 is 11.8 Å². The molecule has 0 saturated heterocycles. The Kier molecular flexibility index (Phi) is 5.15. The average Bonchev–Trinajstić information content (AvgIpc) is 2.24. The van der Waals surface area contributed by atoms with Crippen LogP contribution in [0.25, 0.3) is 0 Å². The molecule has 0 aliphatic rings. The van der Waals surface area contributed by atoms with Crippen molar-refractivity contribution in [3.63, 3.8) is 0 Å². The molecule has 0 atom stereocenters. The normalized spacial score (nSPS) is 11.4. The molecule has 0 radical (unpaired) electrons. The molecule has 0 amide bonds. The van der Waals surface area contributed by atoms with Gasteiger partial charge in [0.15, 0.2) is 0 Å². The maximum absolute atomic E-state index is 11.0. The van der Waals surface area contributed by atoms with Gasteiger partial charge in [0.25, 0.3) is 5.69 Å². The van der Waals surface area contributed by atoms with Crippen molar-refractivity contribution in [3.05, 3.63) is 39.4 Å². The van der Waals surface area contributed by atoms with E-state index in [9.17, 15) is 18.5 Å². The lowest BCUT2D eigenvalue weighted by molar-refractivity contribution is -0.385. The Morgan fingerprint density at radius 1 is 1.39 bits per heavy atom. The largest absolute Gasteiger partial charge is 0.272 e. The van der Waals surface area contributed by atoms with E-state index in [0.717, 1.165) is 5.56 Å². The summed E-state index contributed by atoms with van der Waals surface area (Å²) in [5, 5.41) is 10.8. The molecule has 1 aromatic rings. The summed E-state index contributed by atoms with van der Waals surface area (Å²) in [5.41, 5.74) is 1.63. The van der Waals surface area contributed by atoms with Gasteiger partial charge in [0, 0.05) is 29.4 Å². The highest BCUT2D eigenvalue weighted by molar-refractivity contribution is 7.99. The molecule has 18 heavy (non-hydrogen) atoms. The molecule has 0 fully saturated rings. The summed E-state index contributed by atoms with van der Waals surface area (Å²) in [7, 11) is -2.94. The van der Waals surface area contributed by atoms with Crippen molar-refractivity contribution >= 4 is 27.3 Å². The molecule has 0 N–H and O–H groups in total. The van der Waals surface area contributed by atoms with Crippen LogP contribution in [0.4, 0.5) is 5.69 Å². The van der Waals surface area contributed by atoms with Gasteiger partial charge >= 0.3 is 0 Å². The minimum atomic E-state index is -2.94. The fourth-order valence-corrected chi connectivity index (χ4v) is 3.78. The third-order valence-corrected chi connectivity index (χ3v) is 4.68. The zero-order valence-corrected chi connectivity index (χ0v) is 11.9. The van der Waals surface area contributed by atoms with Gasteiger partial charge in [-0.2, -0.15) is 11.8 Å². The monoisotopic (exact) mass is 289 g/mol. The minimum absolute atomic E-state index is 0.108. The third kappa shape index (κ3) is 4.66. The number of nitrogens with zero attached hydrogens (tertiary/aromatic N) is 1. The van der Waals surface area contributed by atoms with E-state index in [2.05, 4.69) is 0 Å². The first-order valence-corrected chi connectivity index (χ1v) is 8.51. The zero-order chi connectivity index (χ0) is 13.8. The number of rotatable bonds is 6. The van der Waals surface area contributed by atoms with E-state index in [4.69, 9.17) is 0 Å². The molecule has 0 unspecified atom stereocenters. The Morgan fingerprint density at radius 3 is 2.61 bits per heavy atom. The molecule has 1 aromatic carbocycles. The lowest BCUT2D eigenvalue weighted by atomic mass is 10.1. The number of hydrogen-bond donors (Lipinski definition) is 0. The summed E-state index contributed by atoms with van der Waals surface area (Å²) in [6.07, 6.45) is 1.20. The van der Waals surface area contributed by atoms with E-state index < -0.39 is 14.8 Å². The van der Waals surface area contributed by atoms with E-state index >= 15 is 0 Å². The summed E-state index contributed by atoms with van der Waals surface area (Å²) >= 11 is 1.47. The van der Waals surface area contributed by atoms with Gasteiger partial charge in [-0.1, -0.05) is 12.1 Å². The van der Waals surface area contributed by atoms with Crippen molar-refractivity contribution in [2.75, 3.05) is 17.8 Å². The van der Waals surface area contributed by atoms with Gasteiger partial charge in [-0.05, 0) is 12.5 Å². The predicted octanol–water partition coefficient (Wildman–Crippen LogP) is 2.18. The van der Waals surface area contributed by atoms with Crippen molar-refractivity contribution in [3.8, 4) is 0 Å². The van der Waals surface area contributed by atoms with Crippen LogP contribution in [0.1, 0.15) is 11.1 Å². The van der Waals surface area contributed by atoms with Crippen LogP contribution in [0, 0.1) is 17.0 Å². The highest BCUT2D eigenvalue weighted by Crippen LogP contribution is 2.24. The van der Waals surface area contributed by atoms with E-state index in [1.54, 1.807) is 13.0 Å². The molecular weight excluding hydrogens is 274 g/mol. The van der Waals surface area contributed by atoms with Gasteiger partial charge in [0.05, 0.1) is 10.7 Å². The maximum Gasteiger partial charge on any atom is 0.272 e. The van der Waals surface area contributed by atoms with Crippen LogP contribution in [0.15, 0.2) is 18.2 Å². The van der Waals surface area contributed by atoms with E-state index in [-0.39, 0.29) is 11.4 Å². The van der Waals surface area contributed by atoms with Gasteiger partial charge < -0.3 is 0 Å². The summed E-state index contributed by atoms with van der Waals surface area (Å²) in [6, 6.07) is 4.95. The summed E-state index contributed by atoms with van der Waals surface area (Å²) < 4.78 is 21.9. The zero-order valence-electron chi connectivity index (χ0n) is 10.3. The van der Waals surface area contributed by atoms with Crippen LogP contribution in [-0.4, -0.2) is 31.1 Å². The van der Waals surface area contributed by atoms with Gasteiger partial charge in [-0.3, -0.25) is 10.1 Å². The Labute approximate surface area is 111 Å². The molecule has 0 bridgehead atoms. The smallest absolute Gasteiger partial charge is 0.258 e. The number of thioether (sulfide) groups is 1. The molecule has 0 aliphatic heterocycles. The van der Waals surface area contributed by atoms with E-state index in [0.29, 0.717) is 17.1 Å². The highest BCUT2D eigenvalue weighted by atomic mass is 32.2. The molecule has 7 heteroatoms. The first-order chi connectivity index (χ1) is 8.31. The maximum atomic E-state index is 11.0. The molecule has 0 aliphatic carbocycles. The standard InChI is InChI=1S/C11H15NO4S2/c1-9-10(4-3-5-11(9)12(13)14)8-17-6-7-18(2,15)16/h3-5H,6-8H2,1-2H3. The molecular formula is C11H15NO4S2. The molecule has 1 rings (SSSR count). The highest BCUT2D eigenvalue weighted by Gasteiger charge is 2.13. The van der Waals surface area contributed by atoms with Crippen LogP contribution in [-0.2, 0) is 15.6 Å². The predicted molar refractivity (Wildman–Crippen MR) is 73.7 cm³/mol. The van der Waals surface area contributed by atoms with Crippen LogP contribution < -0.4 is 0 Å². The molecule has 0 saturated carbocycles. The summed E-state index contributed by atoms with van der Waals surface area (Å²) in [6.45, 7) is 1.71. The minimum Gasteiger partial charge on any atom is -0.258 e. The van der Waals surface area contributed by atoms with Crippen LogP contribution in [0.2, 0.25) is 0 Å². The SMILES string of the molecule is Cc1c(CSCCS(C)(=O)=O)cccc1[N+](=O)[O-]. The summed E-state index contributed by atoms with van der Waals surface area (Å²) in [5.74, 6) is 1.22. The van der Waals surface area contributed by atoms with E-state index in [1.807, 2.05) is 6.07 Å². The Hall–Kier alpha value is -1.08. The van der Waals surface area contributed by atoms with E-state index in [1.165, 1.54) is 24.1 Å². The molecule has 0 spiro atoms. The van der Waals surface area contributed by atoms with Crippen molar-refractivity contribution in [1.29, 1.82) is 0 Å². The van der Waals surface area contributed by atoms with Gasteiger partial charge in [0.1, 0.15) is 9.84 Å².